The third kappa shape index (κ3) is 23.8. The molecule has 0 aliphatic heterocycles. The summed E-state index contributed by atoms with van der Waals surface area (Å²) < 4.78 is 5.61. The third-order valence-corrected chi connectivity index (χ3v) is 8.71. The van der Waals surface area contributed by atoms with Crippen LogP contribution in [0.15, 0.2) is 24.3 Å². The molecule has 0 aromatic heterocycles. The fourth-order valence-electron chi connectivity index (χ4n) is 5.42. The largest absolute Gasteiger partial charge is 0.494 e. The van der Waals surface area contributed by atoms with Gasteiger partial charge in [0.1, 0.15) is 23.9 Å². The summed E-state index contributed by atoms with van der Waals surface area (Å²) >= 11 is 0. The van der Waals surface area contributed by atoms with E-state index in [0.29, 0.717) is 38.0 Å². The molecule has 4 amide bonds. The molecule has 57 heavy (non-hydrogen) atoms. The van der Waals surface area contributed by atoms with Gasteiger partial charge in [0.05, 0.1) is 18.2 Å². The molecule has 0 bridgehead atoms. The van der Waals surface area contributed by atoms with E-state index in [0.717, 1.165) is 38.5 Å². The molecule has 1 rings (SSSR count). The van der Waals surface area contributed by atoms with Crippen LogP contribution in [0.4, 0.5) is 0 Å². The second-order valence-corrected chi connectivity index (χ2v) is 13.5. The van der Waals surface area contributed by atoms with Crippen LogP contribution in [-0.2, 0) is 38.4 Å². The Morgan fingerprint density at radius 3 is 1.46 bits per heavy atom. The summed E-state index contributed by atoms with van der Waals surface area (Å²) in [7, 11) is 0. The number of amides is 4. The molecule has 0 saturated heterocycles. The number of aromatic carboxylic acids is 1. The number of benzene rings is 1. The maximum absolute atomic E-state index is 12.5. The number of carboxylic acid groups (broad SMARTS) is 4. The first-order valence-corrected chi connectivity index (χ1v) is 19.1. The van der Waals surface area contributed by atoms with E-state index >= 15 is 0 Å². The van der Waals surface area contributed by atoms with Gasteiger partial charge in [-0.05, 0) is 75.6 Å². The topological polar surface area (TPSA) is 318 Å². The minimum Gasteiger partial charge on any atom is -0.494 e. The van der Waals surface area contributed by atoms with Gasteiger partial charge in [-0.15, -0.1) is 0 Å². The highest BCUT2D eigenvalue weighted by Gasteiger charge is 2.26. The number of carbonyl (C=O) groups is 8. The van der Waals surface area contributed by atoms with Crippen LogP contribution in [0, 0.1) is 0 Å². The maximum Gasteiger partial charge on any atom is 0.335 e. The highest BCUT2D eigenvalue weighted by Crippen LogP contribution is 2.14. The van der Waals surface area contributed by atoms with Gasteiger partial charge in [0.15, 0.2) is 0 Å². The summed E-state index contributed by atoms with van der Waals surface area (Å²) in [5, 5.41) is 46.9. The van der Waals surface area contributed by atoms with Crippen LogP contribution in [0.25, 0.3) is 0 Å². The average Bonchev–Trinajstić information content (AvgIpc) is 3.16. The molecule has 0 heterocycles. The Morgan fingerprint density at radius 1 is 0.561 bits per heavy atom. The van der Waals surface area contributed by atoms with E-state index in [4.69, 9.17) is 15.6 Å². The summed E-state index contributed by atoms with van der Waals surface area (Å²) in [6, 6.07) is 1.11. The first-order chi connectivity index (χ1) is 27.1. The molecule has 0 fully saturated rings. The van der Waals surface area contributed by atoms with Crippen LogP contribution in [0.5, 0.6) is 5.75 Å². The molecule has 19 heteroatoms. The lowest BCUT2D eigenvalue weighted by Gasteiger charge is -2.18. The maximum atomic E-state index is 12.5. The van der Waals surface area contributed by atoms with E-state index in [-0.39, 0.29) is 37.8 Å². The van der Waals surface area contributed by atoms with E-state index in [2.05, 4.69) is 21.3 Å². The zero-order chi connectivity index (χ0) is 42.6. The van der Waals surface area contributed by atoms with Gasteiger partial charge in [0, 0.05) is 32.2 Å². The molecule has 317 valence electrons. The molecule has 0 aliphatic rings. The molecule has 0 saturated carbocycles. The predicted octanol–water partition coefficient (Wildman–Crippen LogP) is 1.66. The molecule has 4 atom stereocenters. The Kier molecular flexibility index (Phi) is 24.9. The zero-order valence-corrected chi connectivity index (χ0v) is 32.0. The molecular weight excluding hydrogens is 750 g/mol. The standard InChI is InChI=1S/C38H56N5O14/c39-26(24-44)10-7-8-22-40-31(45)19-16-28(36(51)52)42-33(47)21-18-30(38(55)56)43-34(48)20-17-29(37(53)54)41-32(46)11-6-4-2-1-3-5-9-23-57-27-14-12-25(13-15-27)35(49)50/h12-15,26,28-30H,1-11,16-23,39H2,(H,40,45)(H,41,46)(H,42,47)(H,43,48)(H,49,50)(H,51,52)(H,53,54)(H,55,56)/t26-,28-,29-,30-/m0/s1. The molecule has 0 spiro atoms. The van der Waals surface area contributed by atoms with E-state index in [9.17, 15) is 58.5 Å². The van der Waals surface area contributed by atoms with Crippen LogP contribution in [0.2, 0.25) is 0 Å². The van der Waals surface area contributed by atoms with Crippen LogP contribution >= 0.6 is 0 Å². The lowest BCUT2D eigenvalue weighted by atomic mass is 10.1. The molecule has 1 aromatic rings. The first kappa shape index (κ1) is 49.4. The van der Waals surface area contributed by atoms with Gasteiger partial charge in [-0.1, -0.05) is 32.1 Å². The molecule has 19 nitrogen and oxygen atoms in total. The Morgan fingerprint density at radius 2 is 1.00 bits per heavy atom. The van der Waals surface area contributed by atoms with Crippen molar-refractivity contribution < 1.29 is 68.3 Å². The van der Waals surface area contributed by atoms with Crippen molar-refractivity contribution >= 4 is 53.8 Å². The number of unbranched alkanes of at least 4 members (excludes halogenated alkanes) is 7. The van der Waals surface area contributed by atoms with E-state index in [1.54, 1.807) is 18.4 Å². The quantitative estimate of drug-likeness (QED) is 0.0456. The minimum absolute atomic E-state index is 0.0862. The number of carbonyl (C=O) groups excluding carboxylic acids is 5. The highest BCUT2D eigenvalue weighted by molar-refractivity contribution is 5.88. The van der Waals surface area contributed by atoms with Crippen LogP contribution < -0.4 is 31.7 Å². The summed E-state index contributed by atoms with van der Waals surface area (Å²) in [6.45, 7) is 0.784. The minimum atomic E-state index is -1.55. The summed E-state index contributed by atoms with van der Waals surface area (Å²) in [6.07, 6.45) is 6.97. The molecule has 10 N–H and O–H groups in total. The number of rotatable bonds is 33. The van der Waals surface area contributed by atoms with Crippen molar-refractivity contribution in [3.8, 4) is 5.75 Å². The van der Waals surface area contributed by atoms with E-state index < -0.39 is 90.9 Å². The lowest BCUT2D eigenvalue weighted by molar-refractivity contribution is -0.144. The van der Waals surface area contributed by atoms with Crippen LogP contribution in [-0.4, -0.2) is 112 Å². The van der Waals surface area contributed by atoms with Gasteiger partial charge >= 0.3 is 23.9 Å². The lowest BCUT2D eigenvalue weighted by Crippen LogP contribution is -2.45. The molecule has 0 unspecified atom stereocenters. The van der Waals surface area contributed by atoms with Crippen molar-refractivity contribution in [3.05, 3.63) is 29.8 Å². The number of carboxylic acids is 4. The second-order valence-electron chi connectivity index (χ2n) is 13.5. The van der Waals surface area contributed by atoms with E-state index in [1.165, 1.54) is 12.1 Å². The predicted molar refractivity (Wildman–Crippen MR) is 203 cm³/mol. The Balaban J connectivity index is 2.32. The number of ether oxygens (including phenoxy) is 1. The van der Waals surface area contributed by atoms with Crippen molar-refractivity contribution in [1.29, 1.82) is 0 Å². The summed E-state index contributed by atoms with van der Waals surface area (Å²) in [5.74, 6) is -7.27. The van der Waals surface area contributed by atoms with Gasteiger partial charge in [-0.25, -0.2) is 19.2 Å². The molecule has 0 aliphatic carbocycles. The first-order valence-electron chi connectivity index (χ1n) is 19.1. The van der Waals surface area contributed by atoms with Gasteiger partial charge in [-0.2, -0.15) is 0 Å². The smallest absolute Gasteiger partial charge is 0.335 e. The van der Waals surface area contributed by atoms with Gasteiger partial charge < -0.3 is 52.2 Å². The van der Waals surface area contributed by atoms with Gasteiger partial charge in [0.25, 0.3) is 0 Å². The summed E-state index contributed by atoms with van der Waals surface area (Å²) in [4.78, 5) is 106. The fourth-order valence-corrected chi connectivity index (χ4v) is 5.42. The number of hydrogen-bond acceptors (Lipinski definition) is 11. The van der Waals surface area contributed by atoms with Crippen molar-refractivity contribution in [2.45, 2.75) is 133 Å². The SMILES string of the molecule is N[C@H]([C]=O)CCCCNC(=O)CC[C@H](NC(=O)CC[C@H](NC(=O)CC[C@H](NC(=O)CCCCCCCCCOc1ccc(C(=O)O)cc1)C(=O)O)C(=O)O)C(=O)O. The van der Waals surface area contributed by atoms with Crippen molar-refractivity contribution in [2.24, 2.45) is 5.73 Å². The monoisotopic (exact) mass is 806 g/mol. The Labute approximate surface area is 330 Å². The third-order valence-electron chi connectivity index (χ3n) is 8.71. The number of hydrogen-bond donors (Lipinski definition) is 9. The number of nitrogens with one attached hydrogen (secondary N) is 4. The van der Waals surface area contributed by atoms with Crippen molar-refractivity contribution in [3.63, 3.8) is 0 Å². The van der Waals surface area contributed by atoms with Gasteiger partial charge in [0.2, 0.25) is 29.9 Å². The molecular formula is C38H56N5O14. The van der Waals surface area contributed by atoms with Crippen LogP contribution in [0.1, 0.15) is 120 Å². The zero-order valence-electron chi connectivity index (χ0n) is 32.0. The highest BCUT2D eigenvalue weighted by atomic mass is 16.5. The summed E-state index contributed by atoms with van der Waals surface area (Å²) in [5.41, 5.74) is 5.63. The molecule has 1 aromatic carbocycles. The van der Waals surface area contributed by atoms with Gasteiger partial charge in [-0.3, -0.25) is 24.0 Å². The number of nitrogens with two attached hydrogens (primary N) is 1. The Hall–Kier alpha value is -5.59. The second kappa shape index (κ2) is 28.8. The fraction of sp³-hybridized carbons (Fsp3) is 0.605. The number of aliphatic carboxylic acids is 3. The molecule has 1 radical (unpaired) electrons. The normalized spacial score (nSPS) is 12.9. The van der Waals surface area contributed by atoms with Crippen LogP contribution in [0.3, 0.4) is 0 Å². The Bertz CT molecular complexity index is 1470. The van der Waals surface area contributed by atoms with Crippen molar-refractivity contribution in [1.82, 2.24) is 21.3 Å². The van der Waals surface area contributed by atoms with E-state index in [1.807, 2.05) is 0 Å². The average molecular weight is 807 g/mol. The van der Waals surface area contributed by atoms with Crippen molar-refractivity contribution in [2.75, 3.05) is 13.2 Å².